The molecule has 2 aromatic rings. The summed E-state index contributed by atoms with van der Waals surface area (Å²) in [4.78, 5) is 154. The number of phosphoric acid groups is 3. The monoisotopic (exact) mass is 1460 g/mol. The minimum atomic E-state index is -5.64. The van der Waals surface area contributed by atoms with E-state index in [4.69, 9.17) is 24.3 Å². The van der Waals surface area contributed by atoms with E-state index in [1.807, 2.05) is 6.92 Å². The Hall–Kier alpha value is -5.43. The Balaban J connectivity index is 0.588. The first-order valence-electron chi connectivity index (χ1n) is 32.4. The number of amides is 7. The second-order valence-electron chi connectivity index (χ2n) is 27.3. The molecule has 3 aliphatic heterocycles. The van der Waals surface area contributed by atoms with Gasteiger partial charge in [0.05, 0.1) is 36.5 Å². The molecule has 5 unspecified atom stereocenters. The minimum Gasteiger partial charge on any atom is -0.458 e. The number of aliphatic hydroxyl groups is 4. The number of carbonyl (C=O) groups is 8. The summed E-state index contributed by atoms with van der Waals surface area (Å²) in [6.07, 6.45) is 0.317. The van der Waals surface area contributed by atoms with Crippen LogP contribution in [-0.4, -0.2) is 204 Å². The number of hydrogen-bond donors (Lipinski definition) is 14. The summed E-state index contributed by atoms with van der Waals surface area (Å²) in [5, 5.41) is 53.5. The van der Waals surface area contributed by atoms with E-state index >= 15 is 0 Å². The Kier molecular flexibility index (Phi) is 24.3. The van der Waals surface area contributed by atoms with E-state index < -0.39 is 119 Å². The van der Waals surface area contributed by atoms with E-state index in [0.29, 0.717) is 38.5 Å². The fourth-order valence-corrected chi connectivity index (χ4v) is 19.3. The van der Waals surface area contributed by atoms with E-state index in [1.165, 1.54) is 31.7 Å². The van der Waals surface area contributed by atoms with Gasteiger partial charge in [-0.2, -0.15) is 4.31 Å². The number of anilines is 1. The van der Waals surface area contributed by atoms with Crippen molar-refractivity contribution in [3.63, 3.8) is 0 Å². The lowest BCUT2D eigenvalue weighted by atomic mass is 9.42. The predicted octanol–water partition coefficient (Wildman–Crippen LogP) is 0.466. The van der Waals surface area contributed by atoms with Crippen molar-refractivity contribution in [2.45, 2.75) is 184 Å². The SMILES string of the molecule is CC(C)(COP(=O)(O)OP(=O)(O)OC[C@H]1O[C@@H](n2cnc3c(N)ncnc32)C(O)C1OP(=O)(O)O)[C@@H](O)C(=O)NCCC(=O)NCCSC1CC(=O)N(CCCCCC(=O)NNC(=O)CCC(=O)N[C@H]2CC[C@@]3(C)[C@H](CC[C@@H]4[C@H]3C[C@@H](O)[C@]3(C)[C@@H](C5=CC(=O)OC5)CC[C@]43O)C2)C1=O. The molecule has 2 saturated heterocycles. The maximum atomic E-state index is 13.1. The Morgan fingerprint density at radius 2 is 1.56 bits per heavy atom. The molecule has 98 heavy (non-hydrogen) atoms. The first-order chi connectivity index (χ1) is 46.0. The van der Waals surface area contributed by atoms with Gasteiger partial charge in [0, 0.05) is 80.4 Å². The van der Waals surface area contributed by atoms with Gasteiger partial charge >= 0.3 is 29.4 Å². The highest BCUT2D eigenvalue weighted by Crippen LogP contribution is 2.70. The second kappa shape index (κ2) is 31.0. The smallest absolute Gasteiger partial charge is 0.458 e. The molecule has 0 radical (unpaired) electrons. The van der Waals surface area contributed by atoms with Crippen LogP contribution < -0.4 is 32.5 Å². The first-order valence-corrected chi connectivity index (χ1v) is 38.0. The number of ether oxygens (including phenoxy) is 2. The molecule has 4 saturated carbocycles. The topological polar surface area (TPSA) is 538 Å². The van der Waals surface area contributed by atoms with Crippen molar-refractivity contribution in [3.05, 3.63) is 24.3 Å². The number of fused-ring (bicyclic) bond motifs is 6. The Bertz CT molecular complexity index is 3530. The summed E-state index contributed by atoms with van der Waals surface area (Å²) in [5.74, 6) is -3.56. The molecule has 7 aliphatic rings. The van der Waals surface area contributed by atoms with Gasteiger partial charge in [-0.05, 0) is 98.9 Å². The Morgan fingerprint density at radius 1 is 0.847 bits per heavy atom. The molecule has 0 aromatic carbocycles. The molecule has 7 amide bonds. The van der Waals surface area contributed by atoms with Gasteiger partial charge in [0.1, 0.15) is 42.9 Å². The van der Waals surface area contributed by atoms with Gasteiger partial charge in [-0.3, -0.25) is 67.5 Å². The lowest BCUT2D eigenvalue weighted by Gasteiger charge is -2.65. The lowest BCUT2D eigenvalue weighted by molar-refractivity contribution is -0.243. The summed E-state index contributed by atoms with van der Waals surface area (Å²) >= 11 is 1.17. The van der Waals surface area contributed by atoms with Gasteiger partial charge in [0.15, 0.2) is 17.7 Å². The van der Waals surface area contributed by atoms with Crippen LogP contribution in [0, 0.1) is 39.9 Å². The third kappa shape index (κ3) is 17.5. The Morgan fingerprint density at radius 3 is 2.28 bits per heavy atom. The largest absolute Gasteiger partial charge is 0.481 e. The maximum absolute atomic E-state index is 13.1. The Labute approximate surface area is 567 Å². The summed E-state index contributed by atoms with van der Waals surface area (Å²) in [5.41, 5.74) is 7.72. The fourth-order valence-electron chi connectivity index (χ4n) is 15.4. The van der Waals surface area contributed by atoms with Gasteiger partial charge in [-0.15, -0.1) is 11.8 Å². The lowest BCUT2D eigenvalue weighted by Crippen LogP contribution is -2.67. The minimum absolute atomic E-state index is 0.000847. The zero-order valence-corrected chi connectivity index (χ0v) is 58.0. The number of nitrogens with zero attached hydrogens (tertiary/aromatic N) is 5. The van der Waals surface area contributed by atoms with E-state index in [2.05, 4.69) is 57.5 Å². The number of hydrazine groups is 1. The average Bonchev–Trinajstić information content (AvgIpc) is 1.40. The zero-order valence-electron chi connectivity index (χ0n) is 54.5. The maximum Gasteiger partial charge on any atom is 0.481 e. The standard InChI is InChI=1S/C58H88N11O25P3S/c1-55(2,28-91-97(87,88)94-96(85,86)90-27-37-48(93-95(82,83)84)47(77)54(92-37)69-30-64-46-50(59)62-29-63-51(46)69)49(78)52(79)61-18-15-40(71)60-19-21-98-38-25-44(75)68(53(38)80)20-7-5-6-8-42(73)66-67-43(74)12-11-41(72)65-33-13-16-56(3)32(23-33)9-10-35-36(56)24-39(70)57(4)34(14-17-58(35,57)81)31-22-45(76)89-26-31/h22,29-30,32-39,47-49,54,70,77-78,81H,5-21,23-28H2,1-4H3,(H,60,71)(H,61,79)(H,65,72)(H,66,73)(H,67,74)(H,85,86)(H,87,88)(H2,59,62,63)(H2,82,83,84)/t32-,33+,34-,35-,36-,37-,38?,39-,47?,48?,49+,54-,56+,57+,58+/m1/s1. The molecule has 5 heterocycles. The number of likely N-dealkylation sites (tertiary alicyclic amines) is 1. The molecule has 546 valence electrons. The first kappa shape index (κ1) is 76.7. The van der Waals surface area contributed by atoms with Crippen LogP contribution in [-0.2, 0) is 79.4 Å². The highest BCUT2D eigenvalue weighted by Gasteiger charge is 2.71. The predicted molar refractivity (Wildman–Crippen MR) is 340 cm³/mol. The highest BCUT2D eigenvalue weighted by molar-refractivity contribution is 8.00. The third-order valence-electron chi connectivity index (χ3n) is 20.7. The molecule has 6 fully saturated rings. The van der Waals surface area contributed by atoms with Crippen LogP contribution in [0.5, 0.6) is 0 Å². The number of thioether (sulfide) groups is 1. The molecular weight excluding hydrogens is 1380 g/mol. The van der Waals surface area contributed by atoms with E-state index in [1.54, 1.807) is 0 Å². The van der Waals surface area contributed by atoms with E-state index in [-0.39, 0.29) is 140 Å². The number of aromatic nitrogens is 4. The van der Waals surface area contributed by atoms with Crippen molar-refractivity contribution >= 4 is 99.5 Å². The van der Waals surface area contributed by atoms with E-state index in [0.717, 1.165) is 59.8 Å². The van der Waals surface area contributed by atoms with Crippen molar-refractivity contribution in [2.75, 3.05) is 50.9 Å². The van der Waals surface area contributed by atoms with Gasteiger partial charge < -0.3 is 71.2 Å². The fraction of sp³-hybridized carbons (Fsp3) is 0.741. The number of phosphoric ester groups is 3. The zero-order chi connectivity index (χ0) is 71.5. The third-order valence-corrected chi connectivity index (χ3v) is 25.0. The van der Waals surface area contributed by atoms with Crippen LogP contribution in [0.25, 0.3) is 11.2 Å². The number of unbranched alkanes of at least 4 members (excludes halogenated alkanes) is 2. The van der Waals surface area contributed by atoms with Crippen LogP contribution in [0.1, 0.15) is 137 Å². The molecule has 0 bridgehead atoms. The van der Waals surface area contributed by atoms with Crippen LogP contribution in [0.4, 0.5) is 5.82 Å². The molecule has 40 heteroatoms. The van der Waals surface area contributed by atoms with Crippen molar-refractivity contribution < 1.29 is 119 Å². The normalized spacial score (nSPS) is 31.6. The number of nitrogen functional groups attached to an aromatic ring is 1. The van der Waals surface area contributed by atoms with Crippen molar-refractivity contribution in [3.8, 4) is 0 Å². The number of esters is 1. The van der Waals surface area contributed by atoms with E-state index in [9.17, 15) is 92.1 Å². The number of carbonyl (C=O) groups excluding carboxylic acids is 8. The number of nitrogens with one attached hydrogen (secondary N) is 5. The van der Waals surface area contributed by atoms with Crippen LogP contribution in [0.2, 0.25) is 0 Å². The summed E-state index contributed by atoms with van der Waals surface area (Å²) in [6.45, 7) is 4.72. The average molecular weight is 1460 g/mol. The molecule has 2 aromatic heterocycles. The molecule has 36 nitrogen and oxygen atoms in total. The molecular formula is C58H88N11O25P3S. The van der Waals surface area contributed by atoms with Crippen LogP contribution in [0.15, 0.2) is 24.3 Å². The second-order valence-corrected chi connectivity index (χ2v) is 32.9. The number of cyclic esters (lactones) is 1. The van der Waals surface area contributed by atoms with Gasteiger partial charge in [0.2, 0.25) is 41.4 Å². The van der Waals surface area contributed by atoms with Crippen LogP contribution >= 0.6 is 35.2 Å². The molecule has 9 rings (SSSR count). The number of imide groups is 1. The molecule has 0 spiro atoms. The quantitative estimate of drug-likeness (QED) is 0.0160. The highest BCUT2D eigenvalue weighted by atomic mass is 32.2. The summed E-state index contributed by atoms with van der Waals surface area (Å²) < 4.78 is 68.0. The van der Waals surface area contributed by atoms with Crippen molar-refractivity contribution in [1.82, 2.24) is 51.2 Å². The van der Waals surface area contributed by atoms with Crippen molar-refractivity contribution in [1.29, 1.82) is 0 Å². The number of hydrogen-bond acceptors (Lipinski definition) is 26. The molecule has 4 aliphatic carbocycles. The number of rotatable bonds is 31. The van der Waals surface area contributed by atoms with Gasteiger partial charge in [-0.1, -0.05) is 34.1 Å². The number of aliphatic hydroxyl groups excluding tert-OH is 3. The molecule has 15 N–H and O–H groups in total. The summed E-state index contributed by atoms with van der Waals surface area (Å²) in [6, 6.07) is -0.0883. The van der Waals surface area contributed by atoms with Gasteiger partial charge in [-0.25, -0.2) is 33.4 Å². The van der Waals surface area contributed by atoms with Gasteiger partial charge in [0.25, 0.3) is 0 Å². The molecule has 17 atom stereocenters. The van der Waals surface area contributed by atoms with Crippen LogP contribution in [0.3, 0.4) is 0 Å². The number of imidazole rings is 1. The number of nitrogens with two attached hydrogens (primary N) is 1. The summed E-state index contributed by atoms with van der Waals surface area (Å²) in [7, 11) is -16.6. The van der Waals surface area contributed by atoms with Crippen molar-refractivity contribution in [2.24, 2.45) is 39.9 Å².